The summed E-state index contributed by atoms with van der Waals surface area (Å²) in [5.41, 5.74) is 0.866. The van der Waals surface area contributed by atoms with Crippen molar-refractivity contribution in [3.05, 3.63) is 27.5 Å². The van der Waals surface area contributed by atoms with E-state index in [1.165, 1.54) is 17.4 Å². The summed E-state index contributed by atoms with van der Waals surface area (Å²) in [6, 6.07) is 1.74. The Hall–Kier alpha value is -1.47. The van der Waals surface area contributed by atoms with Crippen molar-refractivity contribution in [2.24, 2.45) is 0 Å². The van der Waals surface area contributed by atoms with Crippen molar-refractivity contribution < 1.29 is 18.9 Å². The molecule has 0 radical (unpaired) electrons. The first-order chi connectivity index (χ1) is 9.81. The maximum Gasteiger partial charge on any atom is 0.328 e. The Kier molecular flexibility index (Phi) is 6.77. The first-order valence-corrected chi connectivity index (χ1v) is 8.87. The Balaban J connectivity index is 2.61. The van der Waals surface area contributed by atoms with Crippen molar-refractivity contribution in [1.29, 1.82) is 0 Å². The fourth-order valence-corrected chi connectivity index (χ4v) is 3.01. The van der Waals surface area contributed by atoms with Crippen LogP contribution in [0.3, 0.4) is 0 Å². The van der Waals surface area contributed by atoms with Gasteiger partial charge < -0.3 is 10.4 Å². The number of thiophene rings is 1. The van der Waals surface area contributed by atoms with Crippen LogP contribution in [0, 0.1) is 6.92 Å². The van der Waals surface area contributed by atoms with Gasteiger partial charge in [0.25, 0.3) is 5.91 Å². The van der Waals surface area contributed by atoms with E-state index in [0.29, 0.717) is 17.8 Å². The molecule has 116 valence electrons. The minimum absolute atomic E-state index is 0.0458. The van der Waals surface area contributed by atoms with E-state index in [0.717, 1.165) is 16.5 Å². The molecule has 1 aromatic rings. The lowest BCUT2D eigenvalue weighted by Crippen LogP contribution is -2.26. The van der Waals surface area contributed by atoms with Crippen molar-refractivity contribution in [3.8, 4) is 0 Å². The fourth-order valence-electron chi connectivity index (χ4n) is 1.56. The normalized spacial score (nSPS) is 14.0. The summed E-state index contributed by atoms with van der Waals surface area (Å²) in [5.74, 6) is -1.21. The van der Waals surface area contributed by atoms with Crippen molar-refractivity contribution in [2.45, 2.75) is 25.5 Å². The molecule has 1 rings (SSSR count). The van der Waals surface area contributed by atoms with Crippen LogP contribution in [0.1, 0.15) is 33.5 Å². The highest BCUT2D eigenvalue weighted by atomic mass is 32.2. The number of nitrogens with one attached hydrogen (secondary N) is 1. The van der Waals surface area contributed by atoms with Gasteiger partial charge in [0.2, 0.25) is 0 Å². The van der Waals surface area contributed by atoms with Gasteiger partial charge in [-0.2, -0.15) is 0 Å². The van der Waals surface area contributed by atoms with Crippen molar-refractivity contribution in [1.82, 2.24) is 5.32 Å². The molecule has 2 N–H and O–H groups in total. The molecule has 0 saturated carbocycles. The smallest absolute Gasteiger partial charge is 0.328 e. The molecule has 0 aliphatic carbocycles. The minimum atomic E-state index is -1.02. The highest BCUT2D eigenvalue weighted by Crippen LogP contribution is 2.23. The van der Waals surface area contributed by atoms with Crippen LogP contribution in [0.2, 0.25) is 0 Å². The molecule has 1 aromatic heterocycles. The third-order valence-electron chi connectivity index (χ3n) is 2.96. The van der Waals surface area contributed by atoms with E-state index in [4.69, 9.17) is 5.11 Å². The van der Waals surface area contributed by atoms with E-state index in [1.54, 1.807) is 12.3 Å². The van der Waals surface area contributed by atoms with Crippen LogP contribution in [0.5, 0.6) is 0 Å². The lowest BCUT2D eigenvalue weighted by atomic mass is 10.2. The SMILES string of the molecule is Cc1cc(C(=O)NCCC(C)S(C)=O)sc1/C=C/C(=O)O. The number of carbonyl (C=O) groups excluding carboxylic acids is 1. The van der Waals surface area contributed by atoms with Gasteiger partial charge >= 0.3 is 5.97 Å². The molecule has 1 amide bonds. The molecule has 0 bridgehead atoms. The Labute approximate surface area is 130 Å². The maximum atomic E-state index is 12.0. The van der Waals surface area contributed by atoms with Gasteiger partial charge in [-0.3, -0.25) is 9.00 Å². The average Bonchev–Trinajstić information content (AvgIpc) is 2.77. The van der Waals surface area contributed by atoms with E-state index in [2.05, 4.69) is 5.32 Å². The second kappa shape index (κ2) is 8.09. The summed E-state index contributed by atoms with van der Waals surface area (Å²) in [7, 11) is -0.890. The quantitative estimate of drug-likeness (QED) is 0.750. The lowest BCUT2D eigenvalue weighted by Gasteiger charge is -2.08. The summed E-state index contributed by atoms with van der Waals surface area (Å²) >= 11 is 1.25. The number of aryl methyl sites for hydroxylation is 1. The van der Waals surface area contributed by atoms with Crippen LogP contribution in [0.25, 0.3) is 6.08 Å². The molecule has 0 aliphatic heterocycles. The van der Waals surface area contributed by atoms with E-state index >= 15 is 0 Å². The minimum Gasteiger partial charge on any atom is -0.478 e. The number of amides is 1. The molecule has 0 aliphatic rings. The van der Waals surface area contributed by atoms with Crippen LogP contribution in [0.4, 0.5) is 0 Å². The number of carbonyl (C=O) groups is 2. The molecular formula is C14H19NO4S2. The van der Waals surface area contributed by atoms with Gasteiger partial charge in [0.05, 0.1) is 4.88 Å². The van der Waals surface area contributed by atoms with Crippen molar-refractivity contribution in [3.63, 3.8) is 0 Å². The molecule has 1 heterocycles. The summed E-state index contributed by atoms with van der Waals surface area (Å²) in [6.45, 7) is 4.18. The van der Waals surface area contributed by atoms with Crippen LogP contribution >= 0.6 is 11.3 Å². The van der Waals surface area contributed by atoms with Crippen LogP contribution < -0.4 is 5.32 Å². The number of aliphatic carboxylic acids is 1. The fraction of sp³-hybridized carbons (Fsp3) is 0.429. The zero-order valence-corrected chi connectivity index (χ0v) is 13.8. The van der Waals surface area contributed by atoms with Crippen LogP contribution in [0.15, 0.2) is 12.1 Å². The Bertz CT molecular complexity index is 578. The standard InChI is InChI=1S/C14H19NO4S2/c1-9-8-12(20-11(9)4-5-13(16)17)14(18)15-7-6-10(2)21(3)19/h4-5,8,10H,6-7H2,1-3H3,(H,15,18)(H,16,17)/b5-4+. The molecule has 2 atom stereocenters. The summed E-state index contributed by atoms with van der Waals surface area (Å²) in [4.78, 5) is 23.8. The van der Waals surface area contributed by atoms with Gasteiger partial charge in [0.15, 0.2) is 0 Å². The van der Waals surface area contributed by atoms with Crippen molar-refractivity contribution >= 4 is 40.1 Å². The number of hydrogen-bond donors (Lipinski definition) is 2. The summed E-state index contributed by atoms with van der Waals surface area (Å²) in [6.07, 6.45) is 4.85. The third-order valence-corrected chi connectivity index (χ3v) is 5.53. The average molecular weight is 329 g/mol. The number of hydrogen-bond acceptors (Lipinski definition) is 4. The summed E-state index contributed by atoms with van der Waals surface area (Å²) in [5, 5.41) is 11.4. The molecule has 2 unspecified atom stereocenters. The summed E-state index contributed by atoms with van der Waals surface area (Å²) < 4.78 is 11.2. The molecule has 0 spiro atoms. The highest BCUT2D eigenvalue weighted by Gasteiger charge is 2.12. The number of carboxylic acid groups (broad SMARTS) is 1. The van der Waals surface area contributed by atoms with Crippen LogP contribution in [-0.4, -0.2) is 39.2 Å². The van der Waals surface area contributed by atoms with Gasteiger partial charge in [-0.15, -0.1) is 11.3 Å². The predicted molar refractivity (Wildman–Crippen MR) is 86.2 cm³/mol. The van der Waals surface area contributed by atoms with Gasteiger partial charge in [-0.1, -0.05) is 6.92 Å². The number of rotatable bonds is 7. The maximum absolute atomic E-state index is 12.0. The van der Waals surface area contributed by atoms with Crippen LogP contribution in [-0.2, 0) is 15.6 Å². The monoisotopic (exact) mass is 329 g/mol. The largest absolute Gasteiger partial charge is 0.478 e. The molecule has 5 nitrogen and oxygen atoms in total. The zero-order valence-electron chi connectivity index (χ0n) is 12.2. The molecule has 0 fully saturated rings. The van der Waals surface area contributed by atoms with E-state index in [1.807, 2.05) is 13.8 Å². The Morgan fingerprint density at radius 3 is 2.76 bits per heavy atom. The third kappa shape index (κ3) is 5.81. The van der Waals surface area contributed by atoms with Gasteiger partial charge in [0.1, 0.15) is 0 Å². The van der Waals surface area contributed by atoms with Crippen molar-refractivity contribution in [2.75, 3.05) is 12.8 Å². The Morgan fingerprint density at radius 2 is 2.19 bits per heavy atom. The molecule has 21 heavy (non-hydrogen) atoms. The second-order valence-corrected chi connectivity index (χ2v) is 7.57. The van der Waals surface area contributed by atoms with Gasteiger partial charge in [-0.05, 0) is 31.1 Å². The van der Waals surface area contributed by atoms with E-state index in [-0.39, 0.29) is 11.2 Å². The first kappa shape index (κ1) is 17.6. The Morgan fingerprint density at radius 1 is 1.52 bits per heavy atom. The lowest BCUT2D eigenvalue weighted by molar-refractivity contribution is -0.131. The second-order valence-electron chi connectivity index (χ2n) is 4.68. The van der Waals surface area contributed by atoms with E-state index < -0.39 is 16.8 Å². The number of carboxylic acids is 1. The van der Waals surface area contributed by atoms with Gasteiger partial charge in [-0.25, -0.2) is 4.79 Å². The molecular weight excluding hydrogens is 310 g/mol. The topological polar surface area (TPSA) is 83.5 Å². The van der Waals surface area contributed by atoms with E-state index in [9.17, 15) is 13.8 Å². The predicted octanol–water partition coefficient (Wildman–Crippen LogP) is 2.04. The molecule has 7 heteroatoms. The highest BCUT2D eigenvalue weighted by molar-refractivity contribution is 7.84. The molecule has 0 aromatic carbocycles. The molecule has 0 saturated heterocycles. The van der Waals surface area contributed by atoms with Gasteiger partial charge in [0, 0.05) is 39.8 Å². The first-order valence-electron chi connectivity index (χ1n) is 6.43. The zero-order chi connectivity index (χ0) is 16.0.